The number of hydrogen-bond donors (Lipinski definition) is 0. The van der Waals surface area contributed by atoms with Crippen molar-refractivity contribution in [1.29, 1.82) is 0 Å². The lowest BCUT2D eigenvalue weighted by atomic mass is 9.93. The average Bonchev–Trinajstić information content (AvgIpc) is 2.36. The highest BCUT2D eigenvalue weighted by atomic mass is 35.5. The van der Waals surface area contributed by atoms with Crippen molar-refractivity contribution in [2.45, 2.75) is 19.3 Å². The fraction of sp³-hybridized carbons (Fsp3) is 0.333. The van der Waals surface area contributed by atoms with E-state index in [0.29, 0.717) is 0 Å². The summed E-state index contributed by atoms with van der Waals surface area (Å²) in [4.78, 5) is 1.07. The molecular weight excluding hydrogens is 176 g/mol. The van der Waals surface area contributed by atoms with Gasteiger partial charge in [0.1, 0.15) is 0 Å². The Hall–Kier alpha value is -0.450. The predicted molar refractivity (Wildman–Crippen MR) is 51.2 cm³/mol. The van der Waals surface area contributed by atoms with Gasteiger partial charge in [0.15, 0.2) is 0 Å². The smallest absolute Gasteiger partial charge is 0.0612 e. The van der Waals surface area contributed by atoms with Crippen molar-refractivity contribution in [1.82, 2.24) is 0 Å². The lowest BCUT2D eigenvalue weighted by Gasteiger charge is -2.15. The zero-order chi connectivity index (χ0) is 8.48. The van der Waals surface area contributed by atoms with Crippen molar-refractivity contribution in [3.63, 3.8) is 0 Å². The van der Waals surface area contributed by atoms with E-state index in [9.17, 15) is 0 Å². The van der Waals surface area contributed by atoms with Crippen LogP contribution in [-0.4, -0.2) is 0 Å². The van der Waals surface area contributed by atoms with Crippen molar-refractivity contribution in [3.8, 4) is 12.3 Å². The molecule has 0 unspecified atom stereocenters. The molecule has 1 heterocycles. The van der Waals surface area contributed by atoms with Crippen molar-refractivity contribution in [2.75, 3.05) is 0 Å². The molecule has 0 atom stereocenters. The Morgan fingerprint density at radius 3 is 2.64 bits per heavy atom. The molecule has 0 N–H and O–H groups in total. The van der Waals surface area contributed by atoms with Gasteiger partial charge in [-0.05, 0) is 25.3 Å². The minimum atomic E-state index is -0.231. The van der Waals surface area contributed by atoms with Crippen LogP contribution < -0.4 is 0 Å². The van der Waals surface area contributed by atoms with Crippen LogP contribution in [0.3, 0.4) is 0 Å². The summed E-state index contributed by atoms with van der Waals surface area (Å²) in [6.07, 6.45) is 5.36. The number of terminal acetylenes is 1. The Balaban J connectivity index is 3.13. The molecule has 0 aliphatic heterocycles. The molecule has 0 saturated carbocycles. The van der Waals surface area contributed by atoms with Crippen LogP contribution in [0.5, 0.6) is 0 Å². The molecule has 0 aliphatic rings. The molecule has 1 aromatic rings. The van der Waals surface area contributed by atoms with Crippen molar-refractivity contribution >= 4 is 22.9 Å². The summed E-state index contributed by atoms with van der Waals surface area (Å²) in [5.74, 6) is 2.71. The van der Waals surface area contributed by atoms with Crippen molar-refractivity contribution < 1.29 is 0 Å². The summed E-state index contributed by atoms with van der Waals surface area (Å²) in [5, 5.41) is 2.73. The van der Waals surface area contributed by atoms with Gasteiger partial charge in [-0.25, -0.2) is 0 Å². The number of thiophene rings is 1. The number of rotatable bonds is 1. The molecule has 0 radical (unpaired) electrons. The molecule has 0 fully saturated rings. The van der Waals surface area contributed by atoms with Crippen LogP contribution in [0, 0.1) is 12.3 Å². The summed E-state index contributed by atoms with van der Waals surface area (Å²) in [7, 11) is 0. The van der Waals surface area contributed by atoms with E-state index < -0.39 is 0 Å². The summed E-state index contributed by atoms with van der Waals surface area (Å²) >= 11 is 7.52. The second-order valence-corrected chi connectivity index (χ2v) is 4.19. The molecule has 0 bridgehead atoms. The van der Waals surface area contributed by atoms with Gasteiger partial charge < -0.3 is 0 Å². The van der Waals surface area contributed by atoms with Crippen LogP contribution in [0.2, 0.25) is 5.02 Å². The first kappa shape index (κ1) is 8.64. The lowest BCUT2D eigenvalue weighted by Crippen LogP contribution is -2.11. The molecule has 0 spiro atoms. The van der Waals surface area contributed by atoms with Gasteiger partial charge in [-0.15, -0.1) is 17.8 Å². The summed E-state index contributed by atoms with van der Waals surface area (Å²) < 4.78 is 0. The molecule has 0 aromatic carbocycles. The van der Waals surface area contributed by atoms with Crippen LogP contribution in [0.1, 0.15) is 18.7 Å². The highest BCUT2D eigenvalue weighted by Gasteiger charge is 2.21. The molecule has 1 aromatic heterocycles. The molecule has 11 heavy (non-hydrogen) atoms. The minimum Gasteiger partial charge on any atom is -0.146 e. The summed E-state index contributed by atoms with van der Waals surface area (Å²) in [6, 6.07) is 1.88. The second kappa shape index (κ2) is 2.89. The van der Waals surface area contributed by atoms with Crippen LogP contribution in [0.25, 0.3) is 0 Å². The number of halogens is 1. The monoisotopic (exact) mass is 184 g/mol. The number of hydrogen-bond acceptors (Lipinski definition) is 1. The van der Waals surface area contributed by atoms with Gasteiger partial charge in [0, 0.05) is 4.88 Å². The molecular formula is C9H9ClS. The maximum Gasteiger partial charge on any atom is 0.0612 e. The predicted octanol–water partition coefficient (Wildman–Crippen LogP) is 3.31. The molecule has 1 rings (SSSR count). The first-order valence-electron chi connectivity index (χ1n) is 3.29. The summed E-state index contributed by atoms with van der Waals surface area (Å²) in [5.41, 5.74) is -0.231. The van der Waals surface area contributed by atoms with Gasteiger partial charge in [-0.3, -0.25) is 0 Å². The van der Waals surface area contributed by atoms with Crippen LogP contribution in [0.4, 0.5) is 0 Å². The van der Waals surface area contributed by atoms with Crippen LogP contribution in [0.15, 0.2) is 11.4 Å². The Bertz CT molecular complexity index is 291. The highest BCUT2D eigenvalue weighted by molar-refractivity contribution is 7.10. The van der Waals surface area contributed by atoms with E-state index in [1.54, 1.807) is 11.3 Å². The van der Waals surface area contributed by atoms with Gasteiger partial charge in [0.2, 0.25) is 0 Å². The third kappa shape index (κ3) is 1.58. The second-order valence-electron chi connectivity index (χ2n) is 2.87. The zero-order valence-corrected chi connectivity index (χ0v) is 8.09. The average molecular weight is 185 g/mol. The maximum absolute atomic E-state index is 5.92. The van der Waals surface area contributed by atoms with E-state index in [1.165, 1.54) is 0 Å². The Morgan fingerprint density at radius 1 is 1.64 bits per heavy atom. The van der Waals surface area contributed by atoms with E-state index >= 15 is 0 Å². The first-order chi connectivity index (χ1) is 5.08. The molecule has 58 valence electrons. The minimum absolute atomic E-state index is 0.231. The Morgan fingerprint density at radius 2 is 2.27 bits per heavy atom. The molecule has 0 amide bonds. The summed E-state index contributed by atoms with van der Waals surface area (Å²) in [6.45, 7) is 3.98. The van der Waals surface area contributed by atoms with E-state index in [4.69, 9.17) is 18.0 Å². The zero-order valence-electron chi connectivity index (χ0n) is 6.52. The molecule has 0 nitrogen and oxygen atoms in total. The van der Waals surface area contributed by atoms with Gasteiger partial charge >= 0.3 is 0 Å². The lowest BCUT2D eigenvalue weighted by molar-refractivity contribution is 0.717. The molecule has 2 heteroatoms. The third-order valence-corrected chi connectivity index (χ3v) is 3.21. The fourth-order valence-corrected chi connectivity index (χ4v) is 2.19. The van der Waals surface area contributed by atoms with Crippen molar-refractivity contribution in [2.24, 2.45) is 0 Å². The fourth-order valence-electron chi connectivity index (χ4n) is 0.805. The van der Waals surface area contributed by atoms with Gasteiger partial charge in [-0.1, -0.05) is 17.5 Å². The van der Waals surface area contributed by atoms with Gasteiger partial charge in [-0.2, -0.15) is 0 Å². The third-order valence-electron chi connectivity index (χ3n) is 1.55. The standard InChI is InChI=1S/C9H9ClS/c1-4-9(2,3)8-7(10)5-6-11-8/h1,5-6H,2-3H3. The van der Waals surface area contributed by atoms with Crippen LogP contribution in [-0.2, 0) is 5.41 Å². The van der Waals surface area contributed by atoms with Gasteiger partial charge in [0.25, 0.3) is 0 Å². The molecule has 0 aliphatic carbocycles. The van der Waals surface area contributed by atoms with Crippen LogP contribution >= 0.6 is 22.9 Å². The quantitative estimate of drug-likeness (QED) is 0.588. The maximum atomic E-state index is 5.92. The first-order valence-corrected chi connectivity index (χ1v) is 4.55. The largest absolute Gasteiger partial charge is 0.146 e. The van der Waals surface area contributed by atoms with E-state index in [2.05, 4.69) is 5.92 Å². The Labute approximate surface area is 76.2 Å². The van der Waals surface area contributed by atoms with Gasteiger partial charge in [0.05, 0.1) is 10.4 Å². The van der Waals surface area contributed by atoms with E-state index in [1.807, 2.05) is 25.3 Å². The van der Waals surface area contributed by atoms with Crippen molar-refractivity contribution in [3.05, 3.63) is 21.3 Å². The normalized spacial score (nSPS) is 11.1. The van der Waals surface area contributed by atoms with E-state index in [-0.39, 0.29) is 5.41 Å². The van der Waals surface area contributed by atoms with E-state index in [0.717, 1.165) is 9.90 Å². The highest BCUT2D eigenvalue weighted by Crippen LogP contribution is 2.33. The molecule has 0 saturated heterocycles. The Kier molecular flexibility index (Phi) is 2.27. The topological polar surface area (TPSA) is 0 Å². The SMILES string of the molecule is C#CC(C)(C)c1sccc1Cl.